The number of anilines is 1. The lowest BCUT2D eigenvalue weighted by atomic mass is 10.1. The lowest BCUT2D eigenvalue weighted by molar-refractivity contribution is -0.128. The summed E-state index contributed by atoms with van der Waals surface area (Å²) in [5.74, 6) is -0.419. The van der Waals surface area contributed by atoms with Crippen LogP contribution in [0, 0.1) is 12.8 Å². The van der Waals surface area contributed by atoms with E-state index in [0.29, 0.717) is 13.1 Å². The Balaban J connectivity index is 1.36. The number of hydrogen-bond donors (Lipinski definition) is 1. The van der Waals surface area contributed by atoms with Crippen molar-refractivity contribution in [1.82, 2.24) is 14.5 Å². The Labute approximate surface area is 163 Å². The molecular weight excluding hydrogens is 352 g/mol. The highest BCUT2D eigenvalue weighted by atomic mass is 16.2. The second kappa shape index (κ2) is 7.68. The smallest absolute Gasteiger partial charge is 0.229 e. The lowest BCUT2D eigenvalue weighted by Crippen LogP contribution is -2.28. The van der Waals surface area contributed by atoms with Crippen molar-refractivity contribution in [3.63, 3.8) is 0 Å². The largest absolute Gasteiger partial charge is 0.338 e. The normalized spacial score (nSPS) is 16.4. The highest BCUT2D eigenvalue weighted by Gasteiger charge is 2.34. The predicted octanol–water partition coefficient (Wildman–Crippen LogP) is 3.17. The Morgan fingerprint density at radius 1 is 1.14 bits per heavy atom. The molecular formula is C22H22N4O2. The minimum absolute atomic E-state index is 0.0242. The first-order valence-electron chi connectivity index (χ1n) is 9.31. The number of aryl methyl sites for hydroxylation is 1. The van der Waals surface area contributed by atoms with Crippen LogP contribution in [-0.2, 0) is 16.1 Å². The Hall–Kier alpha value is -3.41. The first-order valence-corrected chi connectivity index (χ1v) is 9.31. The number of likely N-dealkylation sites (tertiary alicyclic amines) is 1. The third-order valence-corrected chi connectivity index (χ3v) is 5.02. The maximum Gasteiger partial charge on any atom is 0.229 e. The molecule has 1 saturated heterocycles. The summed E-state index contributed by atoms with van der Waals surface area (Å²) in [5.41, 5.74) is 3.96. The summed E-state index contributed by atoms with van der Waals surface area (Å²) in [5, 5.41) is 2.93. The predicted molar refractivity (Wildman–Crippen MR) is 107 cm³/mol. The fourth-order valence-electron chi connectivity index (χ4n) is 3.39. The third-order valence-electron chi connectivity index (χ3n) is 5.02. The van der Waals surface area contributed by atoms with Gasteiger partial charge < -0.3 is 14.8 Å². The summed E-state index contributed by atoms with van der Waals surface area (Å²) in [6.45, 7) is 3.03. The van der Waals surface area contributed by atoms with Gasteiger partial charge in [0.05, 0.1) is 12.2 Å². The van der Waals surface area contributed by atoms with Crippen molar-refractivity contribution in [2.75, 3.05) is 11.9 Å². The summed E-state index contributed by atoms with van der Waals surface area (Å²) < 4.78 is 1.89. The van der Waals surface area contributed by atoms with Gasteiger partial charge in [-0.05, 0) is 36.8 Å². The molecule has 0 spiro atoms. The van der Waals surface area contributed by atoms with Crippen molar-refractivity contribution in [2.24, 2.45) is 5.92 Å². The van der Waals surface area contributed by atoms with E-state index in [2.05, 4.69) is 10.3 Å². The lowest BCUT2D eigenvalue weighted by Gasteiger charge is -2.17. The zero-order valence-corrected chi connectivity index (χ0v) is 15.7. The molecule has 0 bridgehead atoms. The van der Waals surface area contributed by atoms with E-state index in [1.807, 2.05) is 66.2 Å². The van der Waals surface area contributed by atoms with Crippen LogP contribution in [0.5, 0.6) is 0 Å². The number of amides is 2. The van der Waals surface area contributed by atoms with Gasteiger partial charge in [-0.15, -0.1) is 0 Å². The van der Waals surface area contributed by atoms with Crippen LogP contribution >= 0.6 is 0 Å². The molecule has 1 N–H and O–H groups in total. The Kier molecular flexibility index (Phi) is 4.93. The average Bonchev–Trinajstić information content (AvgIpc) is 3.35. The van der Waals surface area contributed by atoms with Crippen LogP contribution < -0.4 is 5.32 Å². The molecule has 142 valence electrons. The van der Waals surface area contributed by atoms with Crippen LogP contribution in [0.3, 0.4) is 0 Å². The van der Waals surface area contributed by atoms with Crippen molar-refractivity contribution < 1.29 is 9.59 Å². The molecule has 1 aliphatic heterocycles. The molecule has 3 aromatic rings. The molecule has 2 aromatic carbocycles. The monoisotopic (exact) mass is 374 g/mol. The van der Waals surface area contributed by atoms with Gasteiger partial charge in [0.15, 0.2) is 0 Å². The van der Waals surface area contributed by atoms with E-state index >= 15 is 0 Å². The summed E-state index contributed by atoms with van der Waals surface area (Å²) in [6.07, 6.45) is 5.56. The van der Waals surface area contributed by atoms with Crippen LogP contribution in [0.2, 0.25) is 0 Å². The summed E-state index contributed by atoms with van der Waals surface area (Å²) in [6, 6.07) is 15.7. The zero-order valence-electron chi connectivity index (χ0n) is 15.7. The molecule has 4 rings (SSSR count). The van der Waals surface area contributed by atoms with E-state index in [1.165, 1.54) is 5.56 Å². The van der Waals surface area contributed by atoms with E-state index < -0.39 is 0 Å². The molecule has 6 heteroatoms. The summed E-state index contributed by atoms with van der Waals surface area (Å²) in [4.78, 5) is 30.7. The van der Waals surface area contributed by atoms with Crippen molar-refractivity contribution in [2.45, 2.75) is 19.9 Å². The second-order valence-electron chi connectivity index (χ2n) is 7.17. The molecule has 1 unspecified atom stereocenters. The first kappa shape index (κ1) is 18.0. The Morgan fingerprint density at radius 2 is 1.89 bits per heavy atom. The number of rotatable bonds is 5. The molecule has 0 saturated carbocycles. The third kappa shape index (κ3) is 3.96. The molecule has 0 radical (unpaired) electrons. The highest BCUT2D eigenvalue weighted by Crippen LogP contribution is 2.22. The minimum Gasteiger partial charge on any atom is -0.338 e. The summed E-state index contributed by atoms with van der Waals surface area (Å²) in [7, 11) is 0. The maximum absolute atomic E-state index is 12.6. The van der Waals surface area contributed by atoms with Crippen LogP contribution in [0.4, 0.5) is 5.69 Å². The molecule has 1 aliphatic rings. The van der Waals surface area contributed by atoms with Crippen LogP contribution in [-0.4, -0.2) is 32.8 Å². The second-order valence-corrected chi connectivity index (χ2v) is 7.17. The van der Waals surface area contributed by atoms with Gasteiger partial charge in [-0.1, -0.05) is 29.8 Å². The molecule has 1 aromatic heterocycles. The average molecular weight is 374 g/mol. The van der Waals surface area contributed by atoms with Crippen LogP contribution in [0.25, 0.3) is 5.69 Å². The van der Waals surface area contributed by atoms with E-state index in [-0.39, 0.29) is 24.2 Å². The molecule has 2 heterocycles. The van der Waals surface area contributed by atoms with E-state index in [0.717, 1.165) is 16.9 Å². The van der Waals surface area contributed by atoms with E-state index in [9.17, 15) is 9.59 Å². The van der Waals surface area contributed by atoms with Crippen molar-refractivity contribution in [3.8, 4) is 5.69 Å². The number of nitrogens with one attached hydrogen (secondary N) is 1. The molecule has 6 nitrogen and oxygen atoms in total. The number of benzene rings is 2. The van der Waals surface area contributed by atoms with Gasteiger partial charge in [0, 0.05) is 43.3 Å². The number of aromatic nitrogens is 2. The van der Waals surface area contributed by atoms with Gasteiger partial charge in [-0.3, -0.25) is 9.59 Å². The number of nitrogens with zero attached hydrogens (tertiary/aromatic N) is 3. The molecule has 1 atom stereocenters. The summed E-state index contributed by atoms with van der Waals surface area (Å²) >= 11 is 0. The molecule has 0 aliphatic carbocycles. The van der Waals surface area contributed by atoms with Crippen molar-refractivity contribution >= 4 is 17.5 Å². The Morgan fingerprint density at radius 3 is 2.57 bits per heavy atom. The Bertz CT molecular complexity index is 963. The SMILES string of the molecule is Cc1ccc(CN2CC(C(=O)Nc3ccc(-n4ccnc4)cc3)CC2=O)cc1. The van der Waals surface area contributed by atoms with Gasteiger partial charge in [-0.25, -0.2) is 4.98 Å². The topological polar surface area (TPSA) is 67.2 Å². The number of carbonyl (C=O) groups excluding carboxylic acids is 2. The minimum atomic E-state index is -0.328. The molecule has 28 heavy (non-hydrogen) atoms. The fraction of sp³-hybridized carbons (Fsp3) is 0.227. The van der Waals surface area contributed by atoms with Crippen LogP contribution in [0.15, 0.2) is 67.3 Å². The standard InChI is InChI=1S/C22H22N4O2/c1-16-2-4-17(5-3-16)13-26-14-18(12-21(26)27)22(28)24-19-6-8-20(9-7-19)25-11-10-23-15-25/h2-11,15,18H,12-14H2,1H3,(H,24,28). The quantitative estimate of drug-likeness (QED) is 0.746. The zero-order chi connectivity index (χ0) is 19.5. The van der Waals surface area contributed by atoms with Gasteiger partial charge in [-0.2, -0.15) is 0 Å². The van der Waals surface area contributed by atoms with E-state index in [4.69, 9.17) is 0 Å². The molecule has 1 fully saturated rings. The van der Waals surface area contributed by atoms with E-state index in [1.54, 1.807) is 17.4 Å². The van der Waals surface area contributed by atoms with Crippen LogP contribution in [0.1, 0.15) is 17.5 Å². The number of hydrogen-bond acceptors (Lipinski definition) is 3. The fourth-order valence-corrected chi connectivity index (χ4v) is 3.39. The number of carbonyl (C=O) groups is 2. The maximum atomic E-state index is 12.6. The van der Waals surface area contributed by atoms with Gasteiger partial charge in [0.2, 0.25) is 11.8 Å². The van der Waals surface area contributed by atoms with Gasteiger partial charge in [0.1, 0.15) is 0 Å². The van der Waals surface area contributed by atoms with Gasteiger partial charge in [0.25, 0.3) is 0 Å². The highest BCUT2D eigenvalue weighted by molar-refractivity contribution is 5.97. The number of imidazole rings is 1. The molecule has 2 amide bonds. The van der Waals surface area contributed by atoms with Gasteiger partial charge >= 0.3 is 0 Å². The first-order chi connectivity index (χ1) is 13.6. The van der Waals surface area contributed by atoms with Crippen molar-refractivity contribution in [1.29, 1.82) is 0 Å². The van der Waals surface area contributed by atoms with Crippen molar-refractivity contribution in [3.05, 3.63) is 78.4 Å².